The second-order valence-corrected chi connectivity index (χ2v) is 9.70. The van der Waals surface area contributed by atoms with E-state index in [4.69, 9.17) is 0 Å². The van der Waals surface area contributed by atoms with Crippen LogP contribution in [-0.2, 0) is 0 Å². The molecule has 0 radical (unpaired) electrons. The first-order valence-electron chi connectivity index (χ1n) is 11.7. The minimum atomic E-state index is -0.478. The van der Waals surface area contributed by atoms with Crippen molar-refractivity contribution in [2.45, 2.75) is 50.6 Å². The minimum absolute atomic E-state index is 0.0861. The Labute approximate surface area is 180 Å². The van der Waals surface area contributed by atoms with Crippen molar-refractivity contribution in [1.82, 2.24) is 14.8 Å². The zero-order valence-electron chi connectivity index (χ0n) is 17.6. The molecular formula is C25H28FN3O2. The number of aromatic amines is 1. The Bertz CT molecular complexity index is 1140. The van der Waals surface area contributed by atoms with E-state index in [-0.39, 0.29) is 33.8 Å². The lowest BCUT2D eigenvalue weighted by atomic mass is 9.68. The highest BCUT2D eigenvalue weighted by molar-refractivity contribution is 5.97. The molecule has 0 unspecified atom stereocenters. The van der Waals surface area contributed by atoms with E-state index in [1.165, 1.54) is 43.2 Å². The molecule has 4 atom stereocenters. The number of H-pyrrole nitrogens is 1. The summed E-state index contributed by atoms with van der Waals surface area (Å²) in [7, 11) is 0. The van der Waals surface area contributed by atoms with E-state index < -0.39 is 5.82 Å². The second-order valence-electron chi connectivity index (χ2n) is 9.70. The number of pyridine rings is 1. The molecule has 6 rings (SSSR count). The van der Waals surface area contributed by atoms with Crippen LogP contribution < -0.4 is 5.43 Å². The van der Waals surface area contributed by atoms with Gasteiger partial charge in [0, 0.05) is 30.7 Å². The fraction of sp³-hybridized carbons (Fsp3) is 0.520. The van der Waals surface area contributed by atoms with Gasteiger partial charge < -0.3 is 9.88 Å². The van der Waals surface area contributed by atoms with Gasteiger partial charge in [-0.15, -0.1) is 0 Å². The van der Waals surface area contributed by atoms with Gasteiger partial charge in [0.25, 0.3) is 5.91 Å². The highest BCUT2D eigenvalue weighted by atomic mass is 19.1. The van der Waals surface area contributed by atoms with Gasteiger partial charge in [-0.1, -0.05) is 24.1 Å². The predicted molar refractivity (Wildman–Crippen MR) is 117 cm³/mol. The van der Waals surface area contributed by atoms with Crippen molar-refractivity contribution in [3.63, 3.8) is 0 Å². The number of carbonyl (C=O) groups excluding carboxylic acids is 1. The molecule has 1 aromatic carbocycles. The molecule has 1 aromatic heterocycles. The quantitative estimate of drug-likeness (QED) is 0.715. The number of hydrogen-bond donors (Lipinski definition) is 1. The van der Waals surface area contributed by atoms with Crippen molar-refractivity contribution in [2.75, 3.05) is 19.6 Å². The molecule has 3 fully saturated rings. The highest BCUT2D eigenvalue weighted by Gasteiger charge is 2.47. The number of fused-ring (bicyclic) bond motifs is 7. The van der Waals surface area contributed by atoms with Crippen molar-refractivity contribution in [3.05, 3.63) is 57.6 Å². The number of hydrogen-bond acceptors (Lipinski definition) is 3. The summed E-state index contributed by atoms with van der Waals surface area (Å²) in [5.74, 6) is 0.337. The van der Waals surface area contributed by atoms with Crippen LogP contribution >= 0.6 is 0 Å². The molecule has 6 heteroatoms. The SMILES string of the molecule is O=C(c1c[nH]c2c(F)cccc2c1=O)N1CCCC2=C[C@@H]3C[C@@H](CN4CCCC[C@H]34)[C@@H]21. The molecule has 2 bridgehead atoms. The van der Waals surface area contributed by atoms with Crippen LogP contribution in [0.2, 0.25) is 0 Å². The summed E-state index contributed by atoms with van der Waals surface area (Å²) in [6.45, 7) is 2.88. The molecule has 0 spiro atoms. The smallest absolute Gasteiger partial charge is 0.259 e. The number of nitrogens with one attached hydrogen (secondary N) is 1. The fourth-order valence-corrected chi connectivity index (χ4v) is 6.73. The maximum atomic E-state index is 14.1. The molecule has 3 saturated heterocycles. The molecule has 2 aromatic rings. The molecule has 162 valence electrons. The third kappa shape index (κ3) is 2.99. The van der Waals surface area contributed by atoms with Crippen LogP contribution in [0.15, 0.2) is 40.8 Å². The summed E-state index contributed by atoms with van der Waals surface area (Å²) < 4.78 is 14.1. The second kappa shape index (κ2) is 7.30. The Morgan fingerprint density at radius 2 is 2.06 bits per heavy atom. The molecular weight excluding hydrogens is 393 g/mol. The number of rotatable bonds is 1. The summed E-state index contributed by atoms with van der Waals surface area (Å²) in [4.78, 5) is 34.1. The number of benzene rings is 1. The van der Waals surface area contributed by atoms with Gasteiger partial charge in [-0.25, -0.2) is 4.39 Å². The van der Waals surface area contributed by atoms with Crippen molar-refractivity contribution in [1.29, 1.82) is 0 Å². The summed E-state index contributed by atoms with van der Waals surface area (Å²) in [6, 6.07) is 5.17. The van der Waals surface area contributed by atoms with Crippen molar-refractivity contribution in [3.8, 4) is 0 Å². The third-order valence-corrected chi connectivity index (χ3v) is 8.01. The zero-order chi connectivity index (χ0) is 21.1. The maximum Gasteiger partial charge on any atom is 0.259 e. The summed E-state index contributed by atoms with van der Waals surface area (Å²) >= 11 is 0. The van der Waals surface area contributed by atoms with Crippen LogP contribution in [0.25, 0.3) is 10.9 Å². The monoisotopic (exact) mass is 421 g/mol. The average molecular weight is 422 g/mol. The number of halogens is 1. The molecule has 4 heterocycles. The van der Waals surface area contributed by atoms with E-state index in [1.54, 1.807) is 6.07 Å². The van der Waals surface area contributed by atoms with Crippen LogP contribution in [0, 0.1) is 17.7 Å². The van der Waals surface area contributed by atoms with E-state index in [1.807, 2.05) is 4.90 Å². The standard InChI is InChI=1S/C25H28FN3O2/c26-20-7-3-6-18-22(20)27-13-19(24(18)30)25(31)29-10-4-5-15-11-16-12-17(23(15)29)14-28-9-2-1-8-21(16)28/h3,6-7,11,13,16-17,21,23H,1-2,4-5,8-10,12,14H2,(H,27,30)/t16-,17+,21-,23-/m1/s1. The van der Waals surface area contributed by atoms with E-state index in [2.05, 4.69) is 16.0 Å². The van der Waals surface area contributed by atoms with E-state index in [9.17, 15) is 14.0 Å². The van der Waals surface area contributed by atoms with Gasteiger partial charge in [-0.05, 0) is 62.6 Å². The Morgan fingerprint density at radius 1 is 1.16 bits per heavy atom. The number of carbonyl (C=O) groups is 1. The normalized spacial score (nSPS) is 30.5. The lowest BCUT2D eigenvalue weighted by Crippen LogP contribution is -2.60. The number of aromatic nitrogens is 1. The first-order valence-corrected chi connectivity index (χ1v) is 11.7. The fourth-order valence-electron chi connectivity index (χ4n) is 6.73. The first-order chi connectivity index (χ1) is 15.1. The summed E-state index contributed by atoms with van der Waals surface area (Å²) in [6.07, 6.45) is 10.9. The van der Waals surface area contributed by atoms with Gasteiger partial charge in [-0.2, -0.15) is 0 Å². The molecule has 31 heavy (non-hydrogen) atoms. The largest absolute Gasteiger partial charge is 0.358 e. The predicted octanol–water partition coefficient (Wildman–Crippen LogP) is 3.70. The Morgan fingerprint density at radius 3 is 2.97 bits per heavy atom. The first kappa shape index (κ1) is 19.2. The lowest BCUT2D eigenvalue weighted by Gasteiger charge is -2.54. The Balaban J connectivity index is 1.37. The van der Waals surface area contributed by atoms with Crippen LogP contribution in [0.3, 0.4) is 0 Å². The van der Waals surface area contributed by atoms with Gasteiger partial charge in [0.15, 0.2) is 0 Å². The van der Waals surface area contributed by atoms with E-state index in [0.29, 0.717) is 24.4 Å². The molecule has 1 aliphatic carbocycles. The van der Waals surface area contributed by atoms with Crippen LogP contribution in [0.4, 0.5) is 4.39 Å². The lowest BCUT2D eigenvalue weighted by molar-refractivity contribution is 0.00143. The van der Waals surface area contributed by atoms with Gasteiger partial charge >= 0.3 is 0 Å². The maximum absolute atomic E-state index is 14.1. The molecule has 4 aliphatic rings. The molecule has 5 nitrogen and oxygen atoms in total. The van der Waals surface area contributed by atoms with Crippen LogP contribution in [0.5, 0.6) is 0 Å². The van der Waals surface area contributed by atoms with Crippen molar-refractivity contribution < 1.29 is 9.18 Å². The Kier molecular flexibility index (Phi) is 4.53. The number of nitrogens with zero attached hydrogens (tertiary/aromatic N) is 2. The zero-order valence-corrected chi connectivity index (χ0v) is 17.6. The average Bonchev–Trinajstić information content (AvgIpc) is 2.79. The summed E-state index contributed by atoms with van der Waals surface area (Å²) in [5.41, 5.74) is 1.29. The topological polar surface area (TPSA) is 56.4 Å². The molecule has 1 N–H and O–H groups in total. The van der Waals surface area contributed by atoms with Crippen LogP contribution in [0.1, 0.15) is 48.9 Å². The van der Waals surface area contributed by atoms with Crippen molar-refractivity contribution in [2.24, 2.45) is 11.8 Å². The van der Waals surface area contributed by atoms with Crippen molar-refractivity contribution >= 4 is 16.8 Å². The minimum Gasteiger partial charge on any atom is -0.358 e. The van der Waals surface area contributed by atoms with E-state index >= 15 is 0 Å². The molecule has 1 amide bonds. The number of piperidine rings is 3. The van der Waals surface area contributed by atoms with Crippen LogP contribution in [-0.4, -0.2) is 52.4 Å². The molecule has 3 aliphatic heterocycles. The van der Waals surface area contributed by atoms with Gasteiger partial charge in [0.1, 0.15) is 11.4 Å². The number of para-hydroxylation sites is 1. The van der Waals surface area contributed by atoms with Gasteiger partial charge in [-0.3, -0.25) is 14.5 Å². The summed E-state index contributed by atoms with van der Waals surface area (Å²) in [5, 5.41) is 0.233. The number of amides is 1. The Hall–Kier alpha value is -2.47. The molecule has 0 saturated carbocycles. The number of likely N-dealkylation sites (tertiary alicyclic amines) is 1. The van der Waals surface area contributed by atoms with Gasteiger partial charge in [0.2, 0.25) is 5.43 Å². The highest BCUT2D eigenvalue weighted by Crippen LogP contribution is 2.45. The van der Waals surface area contributed by atoms with Gasteiger partial charge in [0.05, 0.1) is 11.6 Å². The van der Waals surface area contributed by atoms with E-state index in [0.717, 1.165) is 32.4 Å². The third-order valence-electron chi connectivity index (χ3n) is 8.01.